The fourth-order valence-corrected chi connectivity index (χ4v) is 1.93. The Hall–Kier alpha value is -1.10. The monoisotopic (exact) mass is 229 g/mol. The SMILES string of the molecule is COCC(C)(NC(=O)C1CC(C)C1)C(=O)O. The molecule has 0 saturated heterocycles. The Bertz CT molecular complexity index is 286. The summed E-state index contributed by atoms with van der Waals surface area (Å²) in [7, 11) is 1.42. The number of carboxylic acids is 1. The predicted octanol–water partition coefficient (Wildman–Crippen LogP) is 0.638. The van der Waals surface area contributed by atoms with Gasteiger partial charge in [0.25, 0.3) is 0 Å². The lowest BCUT2D eigenvalue weighted by atomic mass is 9.75. The number of carbonyl (C=O) groups is 2. The Balaban J connectivity index is 2.55. The van der Waals surface area contributed by atoms with Gasteiger partial charge in [-0.15, -0.1) is 0 Å². The lowest BCUT2D eigenvalue weighted by molar-refractivity contribution is -0.150. The molecule has 1 unspecified atom stereocenters. The molecule has 16 heavy (non-hydrogen) atoms. The second-order valence-corrected chi connectivity index (χ2v) is 4.83. The zero-order valence-corrected chi connectivity index (χ0v) is 9.95. The molecule has 0 aromatic carbocycles. The minimum atomic E-state index is -1.33. The van der Waals surface area contributed by atoms with Crippen molar-refractivity contribution in [2.24, 2.45) is 11.8 Å². The van der Waals surface area contributed by atoms with Gasteiger partial charge in [-0.05, 0) is 25.7 Å². The van der Waals surface area contributed by atoms with Crippen molar-refractivity contribution in [3.8, 4) is 0 Å². The average molecular weight is 229 g/mol. The zero-order chi connectivity index (χ0) is 12.3. The lowest BCUT2D eigenvalue weighted by Crippen LogP contribution is -2.57. The van der Waals surface area contributed by atoms with Crippen LogP contribution >= 0.6 is 0 Å². The molecule has 5 heteroatoms. The van der Waals surface area contributed by atoms with Gasteiger partial charge in [0, 0.05) is 13.0 Å². The van der Waals surface area contributed by atoms with Crippen LogP contribution in [0.4, 0.5) is 0 Å². The molecule has 1 aliphatic carbocycles. The first-order valence-electron chi connectivity index (χ1n) is 5.43. The highest BCUT2D eigenvalue weighted by Crippen LogP contribution is 2.33. The predicted molar refractivity (Wildman–Crippen MR) is 57.9 cm³/mol. The summed E-state index contributed by atoms with van der Waals surface area (Å²) in [6.07, 6.45) is 1.68. The van der Waals surface area contributed by atoms with Crippen LogP contribution in [-0.4, -0.2) is 36.2 Å². The molecule has 0 aromatic heterocycles. The van der Waals surface area contributed by atoms with Gasteiger partial charge in [0.2, 0.25) is 5.91 Å². The lowest BCUT2D eigenvalue weighted by Gasteiger charge is -2.34. The maximum absolute atomic E-state index is 11.7. The Kier molecular flexibility index (Phi) is 3.91. The molecule has 0 heterocycles. The highest BCUT2D eigenvalue weighted by atomic mass is 16.5. The van der Waals surface area contributed by atoms with Gasteiger partial charge in [-0.3, -0.25) is 4.79 Å². The van der Waals surface area contributed by atoms with Crippen LogP contribution in [0.1, 0.15) is 26.7 Å². The number of rotatable bonds is 5. The number of carboxylic acid groups (broad SMARTS) is 1. The van der Waals surface area contributed by atoms with Crippen molar-refractivity contribution in [2.75, 3.05) is 13.7 Å². The summed E-state index contributed by atoms with van der Waals surface area (Å²) in [4.78, 5) is 22.8. The summed E-state index contributed by atoms with van der Waals surface area (Å²) in [5, 5.41) is 11.6. The maximum Gasteiger partial charge on any atom is 0.331 e. The Morgan fingerprint density at radius 3 is 2.44 bits per heavy atom. The second kappa shape index (κ2) is 4.82. The van der Waals surface area contributed by atoms with Gasteiger partial charge in [-0.2, -0.15) is 0 Å². The molecule has 0 spiro atoms. The van der Waals surface area contributed by atoms with Crippen molar-refractivity contribution >= 4 is 11.9 Å². The fourth-order valence-electron chi connectivity index (χ4n) is 1.93. The summed E-state index contributed by atoms with van der Waals surface area (Å²) in [5.41, 5.74) is -1.33. The van der Waals surface area contributed by atoms with Crippen molar-refractivity contribution in [3.63, 3.8) is 0 Å². The van der Waals surface area contributed by atoms with Gasteiger partial charge in [-0.25, -0.2) is 4.79 Å². The highest BCUT2D eigenvalue weighted by molar-refractivity contribution is 5.88. The minimum Gasteiger partial charge on any atom is -0.479 e. The van der Waals surface area contributed by atoms with Crippen LogP contribution in [0, 0.1) is 11.8 Å². The molecule has 0 aromatic rings. The number of aliphatic carboxylic acids is 1. The number of methoxy groups -OCH3 is 1. The highest BCUT2D eigenvalue weighted by Gasteiger charge is 2.39. The number of amides is 1. The van der Waals surface area contributed by atoms with Crippen LogP contribution in [0.5, 0.6) is 0 Å². The largest absolute Gasteiger partial charge is 0.479 e. The third-order valence-electron chi connectivity index (χ3n) is 3.05. The summed E-state index contributed by atoms with van der Waals surface area (Å²) >= 11 is 0. The van der Waals surface area contributed by atoms with Gasteiger partial charge in [0.1, 0.15) is 0 Å². The van der Waals surface area contributed by atoms with Gasteiger partial charge in [0.15, 0.2) is 5.54 Å². The maximum atomic E-state index is 11.7. The molecule has 0 aliphatic heterocycles. The fraction of sp³-hybridized carbons (Fsp3) is 0.818. The number of hydrogen-bond donors (Lipinski definition) is 2. The first kappa shape index (κ1) is 13.0. The van der Waals surface area contributed by atoms with Crippen LogP contribution in [0.3, 0.4) is 0 Å². The van der Waals surface area contributed by atoms with Gasteiger partial charge < -0.3 is 15.2 Å². The quantitative estimate of drug-likeness (QED) is 0.725. The van der Waals surface area contributed by atoms with E-state index in [1.54, 1.807) is 0 Å². The molecule has 1 amide bonds. The third kappa shape index (κ3) is 2.72. The van der Waals surface area contributed by atoms with Crippen molar-refractivity contribution in [3.05, 3.63) is 0 Å². The number of carbonyl (C=O) groups excluding carboxylic acids is 1. The summed E-state index contributed by atoms with van der Waals surface area (Å²) in [6.45, 7) is 3.50. The Labute approximate surface area is 95.2 Å². The van der Waals surface area contributed by atoms with Crippen LogP contribution < -0.4 is 5.32 Å². The van der Waals surface area contributed by atoms with E-state index in [9.17, 15) is 9.59 Å². The molecular weight excluding hydrogens is 210 g/mol. The Morgan fingerprint density at radius 1 is 1.50 bits per heavy atom. The molecule has 0 radical (unpaired) electrons. The van der Waals surface area contributed by atoms with Gasteiger partial charge >= 0.3 is 5.97 Å². The van der Waals surface area contributed by atoms with Crippen molar-refractivity contribution in [1.82, 2.24) is 5.32 Å². The molecule has 0 bridgehead atoms. The normalized spacial score (nSPS) is 27.7. The van der Waals surface area contributed by atoms with E-state index in [0.717, 1.165) is 12.8 Å². The zero-order valence-electron chi connectivity index (χ0n) is 9.95. The second-order valence-electron chi connectivity index (χ2n) is 4.83. The summed E-state index contributed by atoms with van der Waals surface area (Å²) in [6, 6.07) is 0. The van der Waals surface area contributed by atoms with E-state index in [1.807, 2.05) is 0 Å². The van der Waals surface area contributed by atoms with E-state index in [-0.39, 0.29) is 18.4 Å². The van der Waals surface area contributed by atoms with Crippen LogP contribution in [-0.2, 0) is 14.3 Å². The average Bonchev–Trinajstić information content (AvgIpc) is 2.12. The number of ether oxygens (including phenoxy) is 1. The van der Waals surface area contributed by atoms with Crippen molar-refractivity contribution in [1.29, 1.82) is 0 Å². The topological polar surface area (TPSA) is 75.6 Å². The van der Waals surface area contributed by atoms with E-state index in [0.29, 0.717) is 5.92 Å². The first-order chi connectivity index (χ1) is 7.39. The van der Waals surface area contributed by atoms with Gasteiger partial charge in [-0.1, -0.05) is 6.92 Å². The molecule has 92 valence electrons. The Morgan fingerprint density at radius 2 is 2.06 bits per heavy atom. The van der Waals surface area contributed by atoms with Crippen LogP contribution in [0.2, 0.25) is 0 Å². The smallest absolute Gasteiger partial charge is 0.331 e. The van der Waals surface area contributed by atoms with E-state index >= 15 is 0 Å². The summed E-state index contributed by atoms with van der Waals surface area (Å²) in [5.74, 6) is -0.727. The van der Waals surface area contributed by atoms with E-state index in [4.69, 9.17) is 9.84 Å². The minimum absolute atomic E-state index is 0.0314. The van der Waals surface area contributed by atoms with Crippen LogP contribution in [0.15, 0.2) is 0 Å². The van der Waals surface area contributed by atoms with Crippen LogP contribution in [0.25, 0.3) is 0 Å². The van der Waals surface area contributed by atoms with Crippen molar-refractivity contribution in [2.45, 2.75) is 32.2 Å². The molecule has 2 N–H and O–H groups in total. The first-order valence-corrected chi connectivity index (χ1v) is 5.43. The molecular formula is C11H19NO4. The molecule has 1 atom stereocenters. The molecule has 1 aliphatic rings. The summed E-state index contributed by atoms with van der Waals surface area (Å²) < 4.78 is 4.83. The third-order valence-corrected chi connectivity index (χ3v) is 3.05. The molecule has 1 saturated carbocycles. The van der Waals surface area contributed by atoms with Crippen molar-refractivity contribution < 1.29 is 19.4 Å². The van der Waals surface area contributed by atoms with E-state index in [2.05, 4.69) is 12.2 Å². The van der Waals surface area contributed by atoms with E-state index in [1.165, 1.54) is 14.0 Å². The standard InChI is InChI=1S/C11H19NO4/c1-7-4-8(5-7)9(13)12-11(2,6-16-3)10(14)15/h7-8H,4-6H2,1-3H3,(H,12,13)(H,14,15). The molecule has 5 nitrogen and oxygen atoms in total. The van der Waals surface area contributed by atoms with Gasteiger partial charge in [0.05, 0.1) is 6.61 Å². The molecule has 1 fully saturated rings. The number of hydrogen-bond acceptors (Lipinski definition) is 3. The van der Waals surface area contributed by atoms with E-state index < -0.39 is 11.5 Å². The number of nitrogens with one attached hydrogen (secondary N) is 1. The molecule has 1 rings (SSSR count).